The van der Waals surface area contributed by atoms with Crippen LogP contribution in [0.2, 0.25) is 0 Å². The van der Waals surface area contributed by atoms with Crippen molar-refractivity contribution in [1.82, 2.24) is 25.2 Å². The number of rotatable bonds is 5. The minimum absolute atomic E-state index is 0.00414. The molecule has 4 saturated heterocycles. The highest BCUT2D eigenvalue weighted by atomic mass is 19.3. The Morgan fingerprint density at radius 3 is 2.84 bits per heavy atom. The lowest BCUT2D eigenvalue weighted by Crippen LogP contribution is -2.60. The van der Waals surface area contributed by atoms with Crippen molar-refractivity contribution in [3.63, 3.8) is 0 Å². The molecule has 3 N–H and O–H groups in total. The van der Waals surface area contributed by atoms with Gasteiger partial charge in [0.15, 0.2) is 17.4 Å². The molecule has 2 aromatic heterocycles. The molecule has 1 aromatic carbocycles. The number of hydrogen-bond acceptors (Lipinski definition) is 9. The zero-order chi connectivity index (χ0) is 30.5. The number of halogens is 5. The van der Waals surface area contributed by atoms with Crippen LogP contribution in [-0.4, -0.2) is 82.5 Å². The van der Waals surface area contributed by atoms with Gasteiger partial charge in [-0.25, -0.2) is 26.9 Å². The summed E-state index contributed by atoms with van der Waals surface area (Å²) in [4.78, 5) is 17.1. The fraction of sp³-hybridized carbons (Fsp3) is 0.567. The largest absolute Gasteiger partial charge is 0.487 e. The Morgan fingerprint density at radius 2 is 2.02 bits per heavy atom. The molecule has 5 atom stereocenters. The molecule has 14 heteroatoms. The van der Waals surface area contributed by atoms with Gasteiger partial charge in [0.25, 0.3) is 6.43 Å². The Hall–Kier alpha value is -3.52. The molecule has 0 saturated carbocycles. The molecular formula is C30H32F5N7O2. The van der Waals surface area contributed by atoms with E-state index in [4.69, 9.17) is 20.2 Å². The van der Waals surface area contributed by atoms with E-state index in [9.17, 15) is 13.2 Å². The van der Waals surface area contributed by atoms with Gasteiger partial charge in [0.05, 0.1) is 28.2 Å². The zero-order valence-electron chi connectivity index (χ0n) is 24.1. The molecule has 7 heterocycles. The van der Waals surface area contributed by atoms with Crippen molar-refractivity contribution in [1.29, 1.82) is 0 Å². The molecule has 234 valence electrons. The second-order valence-corrected chi connectivity index (χ2v) is 12.8. The van der Waals surface area contributed by atoms with Gasteiger partial charge in [0.1, 0.15) is 36.5 Å². The maximum atomic E-state index is 16.7. The van der Waals surface area contributed by atoms with Gasteiger partial charge < -0.3 is 25.4 Å². The molecule has 0 unspecified atom stereocenters. The first-order valence-corrected chi connectivity index (χ1v) is 15.1. The van der Waals surface area contributed by atoms with Gasteiger partial charge in [-0.2, -0.15) is 9.97 Å². The normalized spacial score (nSPS) is 29.2. The lowest BCUT2D eigenvalue weighted by atomic mass is 9.95. The minimum atomic E-state index is -3.08. The van der Waals surface area contributed by atoms with E-state index in [1.54, 1.807) is 0 Å². The summed E-state index contributed by atoms with van der Waals surface area (Å²) < 4.78 is 88.4. The number of nitrogens with two attached hydrogens (primary N) is 1. The first-order chi connectivity index (χ1) is 21.1. The predicted octanol–water partition coefficient (Wildman–Crippen LogP) is 4.46. The third kappa shape index (κ3) is 4.12. The van der Waals surface area contributed by atoms with Crippen LogP contribution in [0.25, 0.3) is 22.2 Å². The van der Waals surface area contributed by atoms with Crippen LogP contribution < -0.4 is 25.4 Å². The van der Waals surface area contributed by atoms with Crippen LogP contribution in [0.1, 0.15) is 49.7 Å². The first-order valence-electron chi connectivity index (χ1n) is 15.1. The number of fused-ring (bicyclic) bond motifs is 6. The number of alkyl halides is 3. The third-order valence-electron chi connectivity index (χ3n) is 10.1. The summed E-state index contributed by atoms with van der Waals surface area (Å²) in [6.07, 6.45) is -0.282. The molecule has 5 aliphatic rings. The first kappa shape index (κ1) is 28.0. The molecule has 44 heavy (non-hydrogen) atoms. The summed E-state index contributed by atoms with van der Waals surface area (Å²) in [5.41, 5.74) is 3.03. The van der Waals surface area contributed by atoms with Gasteiger partial charge in [-0.3, -0.25) is 4.90 Å². The number of ether oxygens (including phenoxy) is 2. The number of nitrogen functional groups attached to an aromatic ring is 1. The summed E-state index contributed by atoms with van der Waals surface area (Å²) in [5.74, 6) is -2.61. The fourth-order valence-corrected chi connectivity index (χ4v) is 8.18. The summed E-state index contributed by atoms with van der Waals surface area (Å²) >= 11 is 0. The number of benzene rings is 1. The van der Waals surface area contributed by atoms with Crippen molar-refractivity contribution in [3.8, 4) is 23.0 Å². The van der Waals surface area contributed by atoms with Crippen LogP contribution in [0, 0.1) is 18.6 Å². The minimum Gasteiger partial charge on any atom is -0.487 e. The topological polar surface area (TPSA) is 102 Å². The van der Waals surface area contributed by atoms with E-state index in [-0.39, 0.29) is 71.2 Å². The van der Waals surface area contributed by atoms with Gasteiger partial charge in [-0.15, -0.1) is 0 Å². The molecule has 4 fully saturated rings. The second-order valence-electron chi connectivity index (χ2n) is 12.8. The van der Waals surface area contributed by atoms with Gasteiger partial charge >= 0.3 is 6.01 Å². The molecule has 0 amide bonds. The molecule has 2 bridgehead atoms. The molecule has 0 spiro atoms. The van der Waals surface area contributed by atoms with Gasteiger partial charge in [0, 0.05) is 37.2 Å². The summed E-state index contributed by atoms with van der Waals surface area (Å²) in [5, 5.41) is 3.57. The van der Waals surface area contributed by atoms with Crippen molar-refractivity contribution in [2.24, 2.45) is 0 Å². The van der Waals surface area contributed by atoms with E-state index in [1.165, 1.54) is 13.0 Å². The number of pyridine rings is 1. The van der Waals surface area contributed by atoms with Crippen molar-refractivity contribution in [3.05, 3.63) is 28.8 Å². The predicted molar refractivity (Wildman–Crippen MR) is 152 cm³/mol. The van der Waals surface area contributed by atoms with Gasteiger partial charge in [-0.05, 0) is 50.8 Å². The van der Waals surface area contributed by atoms with Crippen LogP contribution >= 0.6 is 0 Å². The fourth-order valence-electron chi connectivity index (χ4n) is 8.18. The number of piperazine rings is 1. The maximum Gasteiger partial charge on any atom is 0.319 e. The molecule has 3 aromatic rings. The highest BCUT2D eigenvalue weighted by Gasteiger charge is 2.50. The second kappa shape index (κ2) is 9.99. The van der Waals surface area contributed by atoms with E-state index in [0.717, 1.165) is 32.2 Å². The molecule has 9 nitrogen and oxygen atoms in total. The maximum absolute atomic E-state index is 16.7. The monoisotopic (exact) mass is 617 g/mol. The highest BCUT2D eigenvalue weighted by Crippen LogP contribution is 2.48. The van der Waals surface area contributed by atoms with Crippen LogP contribution in [0.4, 0.5) is 33.6 Å². The van der Waals surface area contributed by atoms with Crippen LogP contribution in [0.3, 0.4) is 0 Å². The van der Waals surface area contributed by atoms with E-state index in [0.29, 0.717) is 19.5 Å². The Morgan fingerprint density at radius 1 is 1.18 bits per heavy atom. The SMILES string of the molecule is Cc1cc(N)nc(-c2c(F)c3c4c(nc(OC[C@@]56CCCN5C[C@H](F)C6)nc4c2F)N2C[C@H]4CC[C@H](N4)[C@H]2CO3)c1C(F)F. The van der Waals surface area contributed by atoms with Crippen molar-refractivity contribution in [2.45, 2.75) is 75.3 Å². The third-order valence-corrected chi connectivity index (χ3v) is 10.1. The van der Waals surface area contributed by atoms with Crippen LogP contribution in [0.5, 0.6) is 11.8 Å². The smallest absolute Gasteiger partial charge is 0.319 e. The number of nitrogens with zero attached hydrogens (tertiary/aromatic N) is 5. The number of aryl methyl sites for hydroxylation is 1. The summed E-state index contributed by atoms with van der Waals surface area (Å²) in [7, 11) is 0. The van der Waals surface area contributed by atoms with E-state index in [2.05, 4.69) is 20.2 Å². The molecular weight excluding hydrogens is 585 g/mol. The number of aromatic nitrogens is 3. The quantitative estimate of drug-likeness (QED) is 0.402. The molecule has 5 aliphatic heterocycles. The van der Waals surface area contributed by atoms with Gasteiger partial charge in [-0.1, -0.05) is 0 Å². The number of nitrogens with one attached hydrogen (secondary N) is 1. The Labute approximate surface area is 249 Å². The average Bonchev–Trinajstić information content (AvgIpc) is 3.59. The Kier molecular flexibility index (Phi) is 6.36. The molecule has 0 radical (unpaired) electrons. The number of hydrogen-bond donors (Lipinski definition) is 2. The lowest BCUT2D eigenvalue weighted by Gasteiger charge is -2.40. The van der Waals surface area contributed by atoms with E-state index >= 15 is 8.78 Å². The van der Waals surface area contributed by atoms with Crippen LogP contribution in [-0.2, 0) is 0 Å². The summed E-state index contributed by atoms with van der Waals surface area (Å²) in [6, 6.07) is 1.000. The van der Waals surface area contributed by atoms with E-state index in [1.807, 2.05) is 4.90 Å². The zero-order valence-corrected chi connectivity index (χ0v) is 24.1. The average molecular weight is 618 g/mol. The van der Waals surface area contributed by atoms with Crippen molar-refractivity contribution >= 4 is 22.5 Å². The lowest BCUT2D eigenvalue weighted by molar-refractivity contribution is 0.107. The summed E-state index contributed by atoms with van der Waals surface area (Å²) in [6.45, 7) is 3.14. The van der Waals surface area contributed by atoms with Crippen molar-refractivity contribution < 1.29 is 31.4 Å². The van der Waals surface area contributed by atoms with Crippen LogP contribution in [0.15, 0.2) is 6.07 Å². The Balaban J connectivity index is 1.33. The highest BCUT2D eigenvalue weighted by molar-refractivity contribution is 5.99. The van der Waals surface area contributed by atoms with Gasteiger partial charge in [0.2, 0.25) is 0 Å². The van der Waals surface area contributed by atoms with E-state index < -0.39 is 46.6 Å². The number of anilines is 2. The molecule has 0 aliphatic carbocycles. The standard InChI is InChI=1S/C30H32F5N7O2/c1-13-7-18(36)38-24(19(13)27(34)35)20-22(32)25-21-26(23(20)33)43-11-17-16-4-3-15(37-16)10-42(17)28(21)40-29(39-25)44-12-30-5-2-6-41(30)9-14(31)8-30/h7,14-17,27,37H,2-6,8-12H2,1H3,(H2,36,38)/t14-,15-,16+,17-,30+/m1/s1. The Bertz CT molecular complexity index is 1680. The van der Waals surface area contributed by atoms with Crippen molar-refractivity contribution in [2.75, 3.05) is 43.5 Å². The molecule has 8 rings (SSSR count).